The van der Waals surface area contributed by atoms with Gasteiger partial charge in [-0.3, -0.25) is 19.1 Å². The molecule has 0 radical (unpaired) electrons. The molecule has 0 amide bonds. The molecule has 2 heterocycles. The van der Waals surface area contributed by atoms with Crippen LogP contribution in [0.2, 0.25) is 5.02 Å². The predicted octanol–water partition coefficient (Wildman–Crippen LogP) is 2.71. The van der Waals surface area contributed by atoms with Gasteiger partial charge in [0.25, 0.3) is 11.1 Å². The van der Waals surface area contributed by atoms with Gasteiger partial charge < -0.3 is 9.72 Å². The maximum absolute atomic E-state index is 13.1. The average Bonchev–Trinajstić information content (AvgIpc) is 2.64. The molecule has 0 aliphatic heterocycles. The van der Waals surface area contributed by atoms with Gasteiger partial charge in [-0.1, -0.05) is 11.6 Å². The van der Waals surface area contributed by atoms with Crippen molar-refractivity contribution in [1.29, 1.82) is 5.26 Å². The number of rotatable bonds is 4. The molecule has 2 aromatic heterocycles. The number of aromatic nitrogens is 4. The topological polar surface area (TPSA) is 114 Å². The van der Waals surface area contributed by atoms with E-state index in [1.807, 2.05) is 6.07 Å². The van der Waals surface area contributed by atoms with Crippen LogP contribution in [0.25, 0.3) is 0 Å². The molecule has 1 aromatic carbocycles. The number of aromatic amines is 1. The highest BCUT2D eigenvalue weighted by atomic mass is 35.5. The van der Waals surface area contributed by atoms with Crippen molar-refractivity contribution >= 4 is 11.6 Å². The van der Waals surface area contributed by atoms with Gasteiger partial charge in [0.05, 0.1) is 18.2 Å². The third-order valence-electron chi connectivity index (χ3n) is 3.56. The minimum atomic E-state index is -4.91. The van der Waals surface area contributed by atoms with Crippen LogP contribution in [0.15, 0.2) is 46.2 Å². The molecule has 0 saturated carbocycles. The van der Waals surface area contributed by atoms with E-state index in [9.17, 15) is 22.8 Å². The quantitative estimate of drug-likeness (QED) is 0.690. The Bertz CT molecular complexity index is 1230. The zero-order chi connectivity index (χ0) is 21.2. The molecule has 0 spiro atoms. The van der Waals surface area contributed by atoms with Crippen LogP contribution in [-0.2, 0) is 12.7 Å². The van der Waals surface area contributed by atoms with Crippen LogP contribution in [0.5, 0.6) is 11.8 Å². The average molecular weight is 424 g/mol. The molecule has 12 heteroatoms. The third kappa shape index (κ3) is 4.61. The lowest BCUT2D eigenvalue weighted by Gasteiger charge is -2.14. The van der Waals surface area contributed by atoms with E-state index in [1.165, 1.54) is 30.6 Å². The third-order valence-corrected chi connectivity index (χ3v) is 3.78. The van der Waals surface area contributed by atoms with Crippen molar-refractivity contribution in [3.05, 3.63) is 79.3 Å². The van der Waals surface area contributed by atoms with Crippen molar-refractivity contribution in [2.24, 2.45) is 0 Å². The Morgan fingerprint density at radius 3 is 2.66 bits per heavy atom. The summed E-state index contributed by atoms with van der Waals surface area (Å²) in [5.41, 5.74) is -3.31. The van der Waals surface area contributed by atoms with E-state index in [0.29, 0.717) is 4.57 Å². The van der Waals surface area contributed by atoms with E-state index in [4.69, 9.17) is 21.6 Å². The number of benzene rings is 1. The van der Waals surface area contributed by atoms with Crippen LogP contribution in [-0.4, -0.2) is 19.5 Å². The fourth-order valence-electron chi connectivity index (χ4n) is 2.29. The molecule has 1 N–H and O–H groups in total. The molecule has 29 heavy (non-hydrogen) atoms. The number of ether oxygens (including phenoxy) is 1. The van der Waals surface area contributed by atoms with Crippen LogP contribution in [0.1, 0.15) is 17.0 Å². The molecule has 3 rings (SSSR count). The van der Waals surface area contributed by atoms with Crippen LogP contribution in [0.4, 0.5) is 13.2 Å². The summed E-state index contributed by atoms with van der Waals surface area (Å²) in [5.74, 6) is -0.121. The number of halogens is 4. The van der Waals surface area contributed by atoms with Crippen LogP contribution < -0.4 is 15.9 Å². The molecule has 0 aliphatic carbocycles. The summed E-state index contributed by atoms with van der Waals surface area (Å²) in [7, 11) is 0. The summed E-state index contributed by atoms with van der Waals surface area (Å²) in [6, 6.07) is 5.09. The first-order chi connectivity index (χ1) is 13.7. The maximum atomic E-state index is 13.1. The molecule has 3 aromatic rings. The van der Waals surface area contributed by atoms with E-state index in [-0.39, 0.29) is 28.1 Å². The van der Waals surface area contributed by atoms with E-state index in [1.54, 1.807) is 0 Å². The fraction of sp³-hybridized carbons (Fsp3) is 0.118. The van der Waals surface area contributed by atoms with Crippen molar-refractivity contribution < 1.29 is 17.9 Å². The Hall–Kier alpha value is -3.65. The molecule has 8 nitrogen and oxygen atoms in total. The van der Waals surface area contributed by atoms with Crippen molar-refractivity contribution in [3.63, 3.8) is 0 Å². The van der Waals surface area contributed by atoms with Crippen LogP contribution >= 0.6 is 11.6 Å². The molecular formula is C17H9ClF3N5O3. The monoisotopic (exact) mass is 423 g/mol. The van der Waals surface area contributed by atoms with Gasteiger partial charge in [0.15, 0.2) is 5.69 Å². The zero-order valence-electron chi connectivity index (χ0n) is 14.2. The van der Waals surface area contributed by atoms with Gasteiger partial charge >= 0.3 is 12.2 Å². The van der Waals surface area contributed by atoms with Gasteiger partial charge in [0.1, 0.15) is 11.4 Å². The Kier molecular flexibility index (Phi) is 5.38. The second kappa shape index (κ2) is 7.76. The highest BCUT2D eigenvalue weighted by Gasteiger charge is 2.34. The second-order valence-electron chi connectivity index (χ2n) is 5.60. The summed E-state index contributed by atoms with van der Waals surface area (Å²) < 4.78 is 45.3. The van der Waals surface area contributed by atoms with Crippen molar-refractivity contribution in [3.8, 4) is 17.8 Å². The molecule has 148 valence electrons. The summed E-state index contributed by atoms with van der Waals surface area (Å²) >= 11 is 5.86. The first-order valence-corrected chi connectivity index (χ1v) is 8.15. The molecule has 0 saturated heterocycles. The molecular weight excluding hydrogens is 415 g/mol. The molecule has 0 fully saturated rings. The first-order valence-electron chi connectivity index (χ1n) is 7.77. The van der Waals surface area contributed by atoms with Gasteiger partial charge in [0.2, 0.25) is 0 Å². The van der Waals surface area contributed by atoms with Gasteiger partial charge in [0, 0.05) is 23.5 Å². The van der Waals surface area contributed by atoms with Crippen LogP contribution in [0.3, 0.4) is 0 Å². The number of alkyl halides is 3. The van der Waals surface area contributed by atoms with E-state index >= 15 is 0 Å². The fourth-order valence-corrected chi connectivity index (χ4v) is 2.51. The minimum absolute atomic E-state index is 0.0783. The number of nitrogens with zero attached hydrogens (tertiary/aromatic N) is 4. The summed E-state index contributed by atoms with van der Waals surface area (Å²) in [4.78, 5) is 33.7. The normalized spacial score (nSPS) is 11.1. The molecule has 0 bridgehead atoms. The summed E-state index contributed by atoms with van der Waals surface area (Å²) in [6.07, 6.45) is -2.41. The Labute approximate surface area is 164 Å². The highest BCUT2D eigenvalue weighted by molar-refractivity contribution is 6.30. The van der Waals surface area contributed by atoms with Gasteiger partial charge in [-0.25, -0.2) is 0 Å². The van der Waals surface area contributed by atoms with E-state index < -0.39 is 35.5 Å². The second-order valence-corrected chi connectivity index (χ2v) is 6.04. The maximum Gasteiger partial charge on any atom is 0.433 e. The smallest absolute Gasteiger partial charge is 0.425 e. The number of H-pyrrole nitrogens is 1. The summed E-state index contributed by atoms with van der Waals surface area (Å²) in [6.45, 7) is -0.499. The predicted molar refractivity (Wildman–Crippen MR) is 93.7 cm³/mol. The molecule has 0 unspecified atom stereocenters. The number of nitrogens with one attached hydrogen (secondary N) is 1. The highest BCUT2D eigenvalue weighted by Crippen LogP contribution is 2.30. The Morgan fingerprint density at radius 2 is 2.00 bits per heavy atom. The van der Waals surface area contributed by atoms with Crippen molar-refractivity contribution in [1.82, 2.24) is 19.5 Å². The number of hydrogen-bond donors (Lipinski definition) is 1. The Morgan fingerprint density at radius 1 is 1.24 bits per heavy atom. The Balaban J connectivity index is 2.14. The van der Waals surface area contributed by atoms with Gasteiger partial charge in [-0.15, -0.1) is 0 Å². The molecule has 0 atom stereocenters. The van der Waals surface area contributed by atoms with E-state index in [0.717, 1.165) is 0 Å². The lowest BCUT2D eigenvalue weighted by Crippen LogP contribution is -2.28. The van der Waals surface area contributed by atoms with Crippen molar-refractivity contribution in [2.75, 3.05) is 0 Å². The van der Waals surface area contributed by atoms with Crippen molar-refractivity contribution in [2.45, 2.75) is 12.7 Å². The summed E-state index contributed by atoms with van der Waals surface area (Å²) in [5, 5.41) is 9.08. The van der Waals surface area contributed by atoms with Crippen LogP contribution in [0, 0.1) is 11.3 Å². The minimum Gasteiger partial charge on any atom is -0.425 e. The van der Waals surface area contributed by atoms with E-state index in [2.05, 4.69) is 15.0 Å². The lowest BCUT2D eigenvalue weighted by molar-refractivity contribution is -0.141. The first kappa shape index (κ1) is 20.1. The SMILES string of the molecule is N#Cc1cc(Cl)cc(Oc2nc(C(F)(F)F)cc(=O)n2Cc2ncc[nH]c2=O)c1. The molecule has 0 aliphatic rings. The number of nitriles is 1. The number of hydrogen-bond acceptors (Lipinski definition) is 6. The lowest BCUT2D eigenvalue weighted by atomic mass is 10.2. The van der Waals surface area contributed by atoms with Gasteiger partial charge in [-0.05, 0) is 18.2 Å². The van der Waals surface area contributed by atoms with Gasteiger partial charge in [-0.2, -0.15) is 23.4 Å². The standard InChI is InChI=1S/C17H9ClF3N5O3/c18-10-3-9(7-22)4-11(5-10)29-16-25-13(17(19,20)21)6-14(27)26(16)8-12-15(28)24-2-1-23-12/h1-6H,8H2,(H,24,28). The largest absolute Gasteiger partial charge is 0.433 e. The zero-order valence-corrected chi connectivity index (χ0v) is 15.0.